The van der Waals surface area contributed by atoms with Crippen molar-refractivity contribution in [1.82, 2.24) is 15.5 Å². The molecule has 1 aromatic carbocycles. The van der Waals surface area contributed by atoms with Crippen LogP contribution >= 0.6 is 0 Å². The van der Waals surface area contributed by atoms with Gasteiger partial charge in [-0.05, 0) is 26.3 Å². The van der Waals surface area contributed by atoms with Crippen LogP contribution in [-0.4, -0.2) is 16.0 Å². The number of hydrogen-bond donors (Lipinski definition) is 1. The molecule has 0 fully saturated rings. The van der Waals surface area contributed by atoms with E-state index >= 15 is 0 Å². The molecule has 130 valence electrons. The van der Waals surface area contributed by atoms with Crippen LogP contribution in [0.3, 0.4) is 0 Å². The Morgan fingerprint density at radius 2 is 2.04 bits per heavy atom. The van der Waals surface area contributed by atoms with Crippen LogP contribution in [0.15, 0.2) is 45.3 Å². The van der Waals surface area contributed by atoms with Crippen molar-refractivity contribution in [3.05, 3.63) is 59.4 Å². The first kappa shape index (κ1) is 17.0. The zero-order valence-electron chi connectivity index (χ0n) is 14.6. The van der Waals surface area contributed by atoms with Crippen molar-refractivity contribution in [2.24, 2.45) is 0 Å². The van der Waals surface area contributed by atoms with Gasteiger partial charge < -0.3 is 14.3 Å². The largest absolute Gasteiger partial charge is 0.461 e. The fraction of sp³-hybridized carbons (Fsp3) is 0.316. The summed E-state index contributed by atoms with van der Waals surface area (Å²) in [7, 11) is 0. The second kappa shape index (κ2) is 7.34. The van der Waals surface area contributed by atoms with Gasteiger partial charge in [0.2, 0.25) is 5.89 Å². The Hall–Kier alpha value is -2.89. The molecule has 6 heteroatoms. The summed E-state index contributed by atoms with van der Waals surface area (Å²) in [6.07, 6.45) is 1.69. The Bertz CT molecular complexity index is 852. The molecule has 25 heavy (non-hydrogen) atoms. The molecule has 3 rings (SSSR count). The molecule has 0 saturated carbocycles. The number of aryl methyl sites for hydroxylation is 2. The summed E-state index contributed by atoms with van der Waals surface area (Å²) in [5, 5.41) is 6.82. The van der Waals surface area contributed by atoms with Crippen molar-refractivity contribution < 1.29 is 13.7 Å². The number of benzene rings is 1. The molecule has 6 nitrogen and oxygen atoms in total. The molecule has 0 aliphatic carbocycles. The van der Waals surface area contributed by atoms with Crippen LogP contribution in [0.5, 0.6) is 0 Å². The topological polar surface area (TPSA) is 81.2 Å². The second-order valence-corrected chi connectivity index (χ2v) is 5.96. The monoisotopic (exact) mass is 339 g/mol. The van der Waals surface area contributed by atoms with Crippen LogP contribution in [0.25, 0.3) is 11.3 Å². The molecule has 2 aromatic heterocycles. The number of hydrogen-bond acceptors (Lipinski definition) is 5. The fourth-order valence-corrected chi connectivity index (χ4v) is 2.59. The van der Waals surface area contributed by atoms with Gasteiger partial charge >= 0.3 is 0 Å². The van der Waals surface area contributed by atoms with E-state index in [0.717, 1.165) is 18.4 Å². The third-order valence-electron chi connectivity index (χ3n) is 3.81. The number of aromatic nitrogens is 2. The van der Waals surface area contributed by atoms with Crippen molar-refractivity contribution in [1.29, 1.82) is 0 Å². The molecule has 1 amide bonds. The molecule has 0 aliphatic rings. The summed E-state index contributed by atoms with van der Waals surface area (Å²) >= 11 is 0. The molecule has 0 spiro atoms. The van der Waals surface area contributed by atoms with Crippen LogP contribution in [0.4, 0.5) is 0 Å². The smallest absolute Gasteiger partial charge is 0.255 e. The van der Waals surface area contributed by atoms with Gasteiger partial charge in [-0.15, -0.1) is 0 Å². The summed E-state index contributed by atoms with van der Waals surface area (Å²) in [6, 6.07) is 10.9. The fourth-order valence-electron chi connectivity index (χ4n) is 2.59. The van der Waals surface area contributed by atoms with Crippen LogP contribution in [0.1, 0.15) is 54.1 Å². The summed E-state index contributed by atoms with van der Waals surface area (Å²) < 4.78 is 11.0. The van der Waals surface area contributed by atoms with Gasteiger partial charge in [0.1, 0.15) is 17.6 Å². The summed E-state index contributed by atoms with van der Waals surface area (Å²) in [5.41, 5.74) is 1.35. The molecule has 0 saturated heterocycles. The van der Waals surface area contributed by atoms with E-state index in [1.165, 1.54) is 0 Å². The molecule has 1 N–H and O–H groups in total. The molecule has 1 atom stereocenters. The van der Waals surface area contributed by atoms with Crippen LogP contribution < -0.4 is 5.32 Å². The lowest BCUT2D eigenvalue weighted by atomic mass is 10.1. The van der Waals surface area contributed by atoms with Crippen molar-refractivity contribution in [3.63, 3.8) is 0 Å². The first-order valence-corrected chi connectivity index (χ1v) is 8.37. The van der Waals surface area contributed by atoms with Crippen LogP contribution in [0, 0.1) is 6.92 Å². The summed E-state index contributed by atoms with van der Waals surface area (Å²) in [5.74, 6) is 2.05. The van der Waals surface area contributed by atoms with Crippen LogP contribution in [-0.2, 0) is 6.42 Å². The first-order valence-electron chi connectivity index (χ1n) is 8.37. The predicted molar refractivity (Wildman–Crippen MR) is 93.1 cm³/mol. The highest BCUT2D eigenvalue weighted by molar-refractivity contribution is 6.00. The zero-order chi connectivity index (χ0) is 17.8. The lowest BCUT2D eigenvalue weighted by Crippen LogP contribution is -2.27. The Morgan fingerprint density at radius 3 is 2.76 bits per heavy atom. The first-order chi connectivity index (χ1) is 12.1. The second-order valence-electron chi connectivity index (χ2n) is 5.96. The van der Waals surface area contributed by atoms with E-state index in [1.54, 1.807) is 6.07 Å². The standard InChI is InChI=1S/C19H21N3O3/c1-4-8-16-21-19(25-22-16)13(3)20-18(23)15-11-12(2)24-17(15)14-9-6-5-7-10-14/h5-7,9-11,13H,4,8H2,1-3H3,(H,20,23)/t13-/m0/s1. The molecule has 0 aliphatic heterocycles. The van der Waals surface area contributed by atoms with E-state index in [0.29, 0.717) is 28.8 Å². The summed E-state index contributed by atoms with van der Waals surface area (Å²) in [4.78, 5) is 17.0. The number of nitrogens with one attached hydrogen (secondary N) is 1. The maximum atomic E-state index is 12.7. The van der Waals surface area contributed by atoms with Crippen molar-refractivity contribution in [2.45, 2.75) is 39.7 Å². The lowest BCUT2D eigenvalue weighted by molar-refractivity contribution is 0.0932. The quantitative estimate of drug-likeness (QED) is 0.732. The van der Waals surface area contributed by atoms with Gasteiger partial charge in [0.05, 0.1) is 5.56 Å². The SMILES string of the molecule is CCCc1noc([C@H](C)NC(=O)c2cc(C)oc2-c2ccccc2)n1. The van der Waals surface area contributed by atoms with Crippen molar-refractivity contribution in [2.75, 3.05) is 0 Å². The average molecular weight is 339 g/mol. The van der Waals surface area contributed by atoms with Gasteiger partial charge in [-0.25, -0.2) is 0 Å². The Balaban J connectivity index is 1.79. The lowest BCUT2D eigenvalue weighted by Gasteiger charge is -2.09. The third-order valence-corrected chi connectivity index (χ3v) is 3.81. The van der Waals surface area contributed by atoms with Gasteiger partial charge in [-0.3, -0.25) is 4.79 Å². The molecule has 0 bridgehead atoms. The number of furan rings is 1. The number of amides is 1. The average Bonchev–Trinajstić information content (AvgIpc) is 3.23. The van der Waals surface area contributed by atoms with E-state index in [2.05, 4.69) is 15.5 Å². The highest BCUT2D eigenvalue weighted by Crippen LogP contribution is 2.27. The Kier molecular flexibility index (Phi) is 4.97. The highest BCUT2D eigenvalue weighted by atomic mass is 16.5. The molecular formula is C19H21N3O3. The maximum absolute atomic E-state index is 12.7. The van der Waals surface area contributed by atoms with E-state index in [1.807, 2.05) is 51.1 Å². The minimum Gasteiger partial charge on any atom is -0.461 e. The van der Waals surface area contributed by atoms with Gasteiger partial charge in [0.25, 0.3) is 5.91 Å². The van der Waals surface area contributed by atoms with Crippen molar-refractivity contribution in [3.8, 4) is 11.3 Å². The Morgan fingerprint density at radius 1 is 1.28 bits per heavy atom. The Labute approximate surface area is 146 Å². The van der Waals surface area contributed by atoms with Gasteiger partial charge in [-0.1, -0.05) is 42.4 Å². The minimum absolute atomic E-state index is 0.238. The third kappa shape index (κ3) is 3.79. The molecule has 0 unspecified atom stereocenters. The van der Waals surface area contributed by atoms with Gasteiger partial charge in [0.15, 0.2) is 5.82 Å². The van der Waals surface area contributed by atoms with Gasteiger partial charge in [-0.2, -0.15) is 4.98 Å². The number of nitrogens with zero attached hydrogens (tertiary/aromatic N) is 2. The molecule has 3 aromatic rings. The normalized spacial score (nSPS) is 12.1. The maximum Gasteiger partial charge on any atom is 0.255 e. The minimum atomic E-state index is -0.385. The number of carbonyl (C=O) groups excluding carboxylic acids is 1. The van der Waals surface area contributed by atoms with E-state index < -0.39 is 0 Å². The predicted octanol–water partition coefficient (Wildman–Crippen LogP) is 4.08. The highest BCUT2D eigenvalue weighted by Gasteiger charge is 2.22. The van der Waals surface area contributed by atoms with E-state index in [-0.39, 0.29) is 11.9 Å². The van der Waals surface area contributed by atoms with E-state index in [4.69, 9.17) is 8.94 Å². The molecular weight excluding hydrogens is 318 g/mol. The zero-order valence-corrected chi connectivity index (χ0v) is 14.6. The van der Waals surface area contributed by atoms with Crippen molar-refractivity contribution >= 4 is 5.91 Å². The van der Waals surface area contributed by atoms with E-state index in [9.17, 15) is 4.79 Å². The van der Waals surface area contributed by atoms with Crippen LogP contribution in [0.2, 0.25) is 0 Å². The number of carbonyl (C=O) groups is 1. The molecule has 2 heterocycles. The van der Waals surface area contributed by atoms with Gasteiger partial charge in [0, 0.05) is 12.0 Å². The summed E-state index contributed by atoms with van der Waals surface area (Å²) in [6.45, 7) is 5.69. The molecule has 0 radical (unpaired) electrons. The number of rotatable bonds is 6.